The lowest BCUT2D eigenvalue weighted by Gasteiger charge is -2.17. The maximum Gasteiger partial charge on any atom is 0.237 e. The van der Waals surface area contributed by atoms with E-state index in [9.17, 15) is 9.18 Å². The van der Waals surface area contributed by atoms with E-state index >= 15 is 0 Å². The first-order chi connectivity index (χ1) is 9.45. The summed E-state index contributed by atoms with van der Waals surface area (Å²) in [5, 5.41) is 2.80. The van der Waals surface area contributed by atoms with Gasteiger partial charge in [0, 0.05) is 11.0 Å². The molecule has 3 nitrogen and oxygen atoms in total. The Labute approximate surface area is 140 Å². The average molecular weight is 382 g/mol. The highest BCUT2D eigenvalue weighted by Gasteiger charge is 2.18. The predicted octanol–water partition coefficient (Wildman–Crippen LogP) is 3.43. The summed E-state index contributed by atoms with van der Waals surface area (Å²) < 4.78 is 14.3. The van der Waals surface area contributed by atoms with Crippen LogP contribution in [0, 0.1) is 11.7 Å². The minimum absolute atomic E-state index is 0. The number of nitrogens with one attached hydrogen (secondary N) is 1. The van der Waals surface area contributed by atoms with E-state index in [-0.39, 0.29) is 30.0 Å². The van der Waals surface area contributed by atoms with E-state index in [4.69, 9.17) is 5.73 Å². The molecule has 1 aromatic rings. The molecule has 0 spiro atoms. The van der Waals surface area contributed by atoms with Gasteiger partial charge in [0.2, 0.25) is 5.91 Å². The van der Waals surface area contributed by atoms with Gasteiger partial charge in [-0.3, -0.25) is 4.79 Å². The van der Waals surface area contributed by atoms with Gasteiger partial charge >= 0.3 is 0 Å². The highest BCUT2D eigenvalue weighted by molar-refractivity contribution is 9.10. The second-order valence-electron chi connectivity index (χ2n) is 5.04. The molecule has 0 saturated carbocycles. The Hall–Kier alpha value is -0.650. The second kappa shape index (κ2) is 10.1. The molecule has 3 N–H and O–H groups in total. The van der Waals surface area contributed by atoms with E-state index in [1.54, 1.807) is 6.07 Å². The van der Waals surface area contributed by atoms with Gasteiger partial charge in [-0.05, 0) is 36.5 Å². The quantitative estimate of drug-likeness (QED) is 0.711. The summed E-state index contributed by atoms with van der Waals surface area (Å²) in [7, 11) is 0. The molecule has 2 unspecified atom stereocenters. The van der Waals surface area contributed by atoms with Crippen LogP contribution >= 0.6 is 28.3 Å². The number of aryl methyl sites for hydroxylation is 1. The molecular formula is C15H23BrClFN2O. The van der Waals surface area contributed by atoms with Gasteiger partial charge in [-0.25, -0.2) is 4.39 Å². The van der Waals surface area contributed by atoms with Crippen LogP contribution in [0.5, 0.6) is 0 Å². The Kier molecular flexibility index (Phi) is 9.83. The molecule has 0 aliphatic rings. The zero-order valence-corrected chi connectivity index (χ0v) is 14.8. The van der Waals surface area contributed by atoms with Gasteiger partial charge < -0.3 is 11.1 Å². The van der Waals surface area contributed by atoms with Crippen LogP contribution in [0.15, 0.2) is 22.7 Å². The molecule has 120 valence electrons. The smallest absolute Gasteiger partial charge is 0.237 e. The van der Waals surface area contributed by atoms with Crippen LogP contribution < -0.4 is 11.1 Å². The standard InChI is InChI=1S/C15H22BrFN2O.ClH/c1-3-10(2)14(18)15(20)19-8-4-5-11-6-7-12(16)9-13(11)17;/h6-7,9-10,14H,3-5,8,18H2,1-2H3,(H,19,20);1H. The van der Waals surface area contributed by atoms with Crippen molar-refractivity contribution < 1.29 is 9.18 Å². The van der Waals surface area contributed by atoms with E-state index in [1.807, 2.05) is 19.9 Å². The summed E-state index contributed by atoms with van der Waals surface area (Å²) in [6, 6.07) is 4.55. The van der Waals surface area contributed by atoms with Crippen LogP contribution in [0.1, 0.15) is 32.3 Å². The molecule has 21 heavy (non-hydrogen) atoms. The molecule has 1 rings (SSSR count). The molecule has 1 amide bonds. The molecule has 0 aliphatic heterocycles. The lowest BCUT2D eigenvalue weighted by molar-refractivity contribution is -0.123. The fraction of sp³-hybridized carbons (Fsp3) is 0.533. The summed E-state index contributed by atoms with van der Waals surface area (Å²) in [5.41, 5.74) is 6.49. The molecule has 2 atom stereocenters. The number of carbonyl (C=O) groups excluding carboxylic acids is 1. The Morgan fingerprint density at radius 2 is 2.14 bits per heavy atom. The van der Waals surface area contributed by atoms with Crippen molar-refractivity contribution in [3.05, 3.63) is 34.1 Å². The summed E-state index contributed by atoms with van der Waals surface area (Å²) in [6.07, 6.45) is 2.16. The molecule has 0 radical (unpaired) electrons. The highest BCUT2D eigenvalue weighted by atomic mass is 79.9. The fourth-order valence-corrected chi connectivity index (χ4v) is 2.18. The summed E-state index contributed by atoms with van der Waals surface area (Å²) in [6.45, 7) is 4.48. The van der Waals surface area contributed by atoms with Crippen LogP contribution in [0.25, 0.3) is 0 Å². The monoisotopic (exact) mass is 380 g/mol. The molecule has 0 fully saturated rings. The van der Waals surface area contributed by atoms with E-state index in [2.05, 4.69) is 21.2 Å². The SMILES string of the molecule is CCC(C)C(N)C(=O)NCCCc1ccc(Br)cc1F.Cl. The second-order valence-corrected chi connectivity index (χ2v) is 5.96. The van der Waals surface area contributed by atoms with Gasteiger partial charge in [0.15, 0.2) is 0 Å². The number of hydrogen-bond acceptors (Lipinski definition) is 2. The zero-order chi connectivity index (χ0) is 15.1. The summed E-state index contributed by atoms with van der Waals surface area (Å²) >= 11 is 3.22. The van der Waals surface area contributed by atoms with E-state index in [0.717, 1.165) is 10.9 Å². The topological polar surface area (TPSA) is 55.1 Å². The molecule has 0 aliphatic carbocycles. The minimum Gasteiger partial charge on any atom is -0.355 e. The normalized spacial score (nSPS) is 13.2. The third kappa shape index (κ3) is 6.76. The van der Waals surface area contributed by atoms with Crippen LogP contribution in [-0.2, 0) is 11.2 Å². The molecule has 1 aromatic carbocycles. The van der Waals surface area contributed by atoms with Crippen molar-refractivity contribution in [2.24, 2.45) is 11.7 Å². The maximum atomic E-state index is 13.6. The number of carbonyl (C=O) groups is 1. The van der Waals surface area contributed by atoms with Gasteiger partial charge in [0.1, 0.15) is 5.82 Å². The number of amides is 1. The number of benzene rings is 1. The first-order valence-electron chi connectivity index (χ1n) is 6.93. The Morgan fingerprint density at radius 3 is 2.71 bits per heavy atom. The lowest BCUT2D eigenvalue weighted by Crippen LogP contribution is -2.44. The van der Waals surface area contributed by atoms with Crippen LogP contribution in [0.3, 0.4) is 0 Å². The van der Waals surface area contributed by atoms with Gasteiger partial charge in [-0.1, -0.05) is 42.3 Å². The number of nitrogens with two attached hydrogens (primary N) is 1. The molecule has 0 bridgehead atoms. The van der Waals surface area contributed by atoms with Crippen molar-refractivity contribution in [1.82, 2.24) is 5.32 Å². The molecule has 0 aromatic heterocycles. The maximum absolute atomic E-state index is 13.6. The van der Waals surface area contributed by atoms with Crippen LogP contribution in [0.2, 0.25) is 0 Å². The Balaban J connectivity index is 0.00000400. The average Bonchev–Trinajstić information content (AvgIpc) is 2.43. The van der Waals surface area contributed by atoms with Crippen molar-refractivity contribution in [3.63, 3.8) is 0 Å². The van der Waals surface area contributed by atoms with Crippen molar-refractivity contribution in [3.8, 4) is 0 Å². The van der Waals surface area contributed by atoms with E-state index in [1.165, 1.54) is 6.07 Å². The number of hydrogen-bond donors (Lipinski definition) is 2. The van der Waals surface area contributed by atoms with Crippen molar-refractivity contribution in [1.29, 1.82) is 0 Å². The summed E-state index contributed by atoms with van der Waals surface area (Å²) in [4.78, 5) is 11.7. The van der Waals surface area contributed by atoms with Gasteiger partial charge in [-0.2, -0.15) is 0 Å². The molecule has 6 heteroatoms. The highest BCUT2D eigenvalue weighted by Crippen LogP contribution is 2.16. The first-order valence-corrected chi connectivity index (χ1v) is 7.72. The first kappa shape index (κ1) is 20.3. The number of halogens is 3. The van der Waals surface area contributed by atoms with Gasteiger partial charge in [-0.15, -0.1) is 12.4 Å². The molecular weight excluding hydrogens is 359 g/mol. The van der Waals surface area contributed by atoms with E-state index < -0.39 is 6.04 Å². The number of rotatable bonds is 7. The zero-order valence-electron chi connectivity index (χ0n) is 12.4. The predicted molar refractivity (Wildman–Crippen MR) is 90.1 cm³/mol. The van der Waals surface area contributed by atoms with Crippen LogP contribution in [-0.4, -0.2) is 18.5 Å². The van der Waals surface area contributed by atoms with Gasteiger partial charge in [0.05, 0.1) is 6.04 Å². The van der Waals surface area contributed by atoms with Crippen molar-refractivity contribution in [2.75, 3.05) is 6.54 Å². The van der Waals surface area contributed by atoms with Crippen molar-refractivity contribution >= 4 is 34.2 Å². The molecule has 0 heterocycles. The lowest BCUT2D eigenvalue weighted by atomic mass is 9.99. The van der Waals surface area contributed by atoms with Crippen molar-refractivity contribution in [2.45, 2.75) is 39.2 Å². The Bertz CT molecular complexity index is 459. The molecule has 0 saturated heterocycles. The fourth-order valence-electron chi connectivity index (χ4n) is 1.85. The Morgan fingerprint density at radius 1 is 1.48 bits per heavy atom. The third-order valence-corrected chi connectivity index (χ3v) is 3.99. The van der Waals surface area contributed by atoms with Gasteiger partial charge in [0.25, 0.3) is 0 Å². The third-order valence-electron chi connectivity index (χ3n) is 3.50. The minimum atomic E-state index is -0.468. The largest absolute Gasteiger partial charge is 0.355 e. The van der Waals surface area contributed by atoms with E-state index in [0.29, 0.717) is 24.9 Å². The van der Waals surface area contributed by atoms with Crippen LogP contribution in [0.4, 0.5) is 4.39 Å². The summed E-state index contributed by atoms with van der Waals surface area (Å²) in [5.74, 6) is -0.184.